The highest BCUT2D eigenvalue weighted by Gasteiger charge is 2.05. The van der Waals surface area contributed by atoms with Crippen LogP contribution in [0.1, 0.15) is 116 Å². The third-order valence-electron chi connectivity index (χ3n) is 6.32. The van der Waals surface area contributed by atoms with Gasteiger partial charge in [-0.3, -0.25) is 0 Å². The van der Waals surface area contributed by atoms with Gasteiger partial charge >= 0.3 is 11.9 Å². The van der Waals surface area contributed by atoms with E-state index in [0.29, 0.717) is 5.57 Å². The first-order chi connectivity index (χ1) is 17.9. The van der Waals surface area contributed by atoms with E-state index in [1.54, 1.807) is 6.92 Å². The zero-order valence-corrected chi connectivity index (χ0v) is 23.7. The molecule has 0 amide bonds. The fourth-order valence-corrected chi connectivity index (χ4v) is 4.00. The van der Waals surface area contributed by atoms with E-state index >= 15 is 0 Å². The van der Waals surface area contributed by atoms with Gasteiger partial charge in [0, 0.05) is 11.6 Å². The van der Waals surface area contributed by atoms with Gasteiger partial charge in [0.05, 0.1) is 6.61 Å². The molecule has 0 aliphatic heterocycles. The zero-order valence-electron chi connectivity index (χ0n) is 23.7. The van der Waals surface area contributed by atoms with Crippen LogP contribution in [0.2, 0.25) is 0 Å². The van der Waals surface area contributed by atoms with Crippen LogP contribution in [0, 0.1) is 0 Å². The summed E-state index contributed by atoms with van der Waals surface area (Å²) in [5, 5.41) is 0. The number of esters is 2. The average Bonchev–Trinajstić information content (AvgIpc) is 2.89. The molecule has 37 heavy (non-hydrogen) atoms. The smallest absolute Gasteiger partial charge is 0.333 e. The van der Waals surface area contributed by atoms with Gasteiger partial charge in [-0.15, -0.1) is 0 Å². The van der Waals surface area contributed by atoms with Gasteiger partial charge in [-0.25, -0.2) is 9.59 Å². The van der Waals surface area contributed by atoms with Crippen molar-refractivity contribution in [1.82, 2.24) is 0 Å². The number of carbonyl (C=O) groups is 2. The Morgan fingerprint density at radius 2 is 1.19 bits per heavy atom. The quantitative estimate of drug-likeness (QED) is 0.0880. The van der Waals surface area contributed by atoms with Crippen LogP contribution in [0.25, 0.3) is 5.57 Å². The van der Waals surface area contributed by atoms with E-state index in [1.807, 2.05) is 31.2 Å². The zero-order chi connectivity index (χ0) is 27.1. The Bertz CT molecular complexity index is 794. The Hall–Kier alpha value is -2.56. The largest absolute Gasteiger partial charge is 0.494 e. The Morgan fingerprint density at radius 3 is 1.70 bits per heavy atom. The Balaban J connectivity index is 2.08. The van der Waals surface area contributed by atoms with Crippen LogP contribution in [-0.2, 0) is 19.1 Å². The summed E-state index contributed by atoms with van der Waals surface area (Å²) < 4.78 is 15.8. The minimum atomic E-state index is -0.491. The molecule has 1 aromatic rings. The van der Waals surface area contributed by atoms with E-state index in [0.717, 1.165) is 29.9 Å². The lowest BCUT2D eigenvalue weighted by Crippen LogP contribution is -2.13. The van der Waals surface area contributed by atoms with Crippen molar-refractivity contribution < 1.29 is 23.8 Å². The number of hydrogen-bond acceptors (Lipinski definition) is 5. The summed E-state index contributed by atoms with van der Waals surface area (Å²) in [5.74, 6) is -0.121. The van der Waals surface area contributed by atoms with Gasteiger partial charge < -0.3 is 14.2 Å². The predicted octanol–water partition coefficient (Wildman–Crippen LogP) is 8.61. The molecule has 1 rings (SSSR count). The van der Waals surface area contributed by atoms with E-state index in [2.05, 4.69) is 13.5 Å². The first-order valence-electron chi connectivity index (χ1n) is 14.3. The van der Waals surface area contributed by atoms with Crippen LogP contribution in [-0.4, -0.2) is 31.8 Å². The topological polar surface area (TPSA) is 61.8 Å². The molecule has 1 aromatic carbocycles. The van der Waals surface area contributed by atoms with Crippen molar-refractivity contribution in [1.29, 1.82) is 0 Å². The highest BCUT2D eigenvalue weighted by atomic mass is 16.6. The number of hydrogen-bond donors (Lipinski definition) is 0. The van der Waals surface area contributed by atoms with E-state index in [4.69, 9.17) is 14.2 Å². The summed E-state index contributed by atoms with van der Waals surface area (Å²) in [5.41, 5.74) is 2.03. The molecular formula is C32H50O5. The molecule has 0 bridgehead atoms. The van der Waals surface area contributed by atoms with E-state index in [-0.39, 0.29) is 13.2 Å². The molecule has 0 saturated carbocycles. The molecule has 5 heteroatoms. The number of unbranched alkanes of at least 4 members (excludes halogenated alkanes) is 13. The van der Waals surface area contributed by atoms with Gasteiger partial charge in [-0.05, 0) is 43.5 Å². The van der Waals surface area contributed by atoms with Gasteiger partial charge in [0.15, 0.2) is 0 Å². The van der Waals surface area contributed by atoms with Crippen molar-refractivity contribution in [2.24, 2.45) is 0 Å². The molecule has 0 aliphatic rings. The predicted molar refractivity (Wildman–Crippen MR) is 153 cm³/mol. The van der Waals surface area contributed by atoms with Crippen molar-refractivity contribution in [2.75, 3.05) is 19.8 Å². The van der Waals surface area contributed by atoms with E-state index in [1.165, 1.54) is 89.5 Å². The molecule has 0 atom stereocenters. The van der Waals surface area contributed by atoms with Crippen molar-refractivity contribution in [3.63, 3.8) is 0 Å². The van der Waals surface area contributed by atoms with Crippen LogP contribution >= 0.6 is 0 Å². The maximum Gasteiger partial charge on any atom is 0.333 e. The maximum atomic E-state index is 12.0. The Morgan fingerprint density at radius 1 is 0.703 bits per heavy atom. The van der Waals surface area contributed by atoms with Gasteiger partial charge in [-0.1, -0.05) is 109 Å². The molecule has 5 nitrogen and oxygen atoms in total. The standard InChI is InChI=1S/C32H50O5/c1-5-6-7-8-9-10-11-12-13-14-15-16-17-18-23-35-30-21-19-29(20-22-30)28(4)26-31(33)36-24-25-37-32(34)27(2)3/h19-22,26H,2,5-18,23-25H2,1,3-4H3/b28-26+. The van der Waals surface area contributed by atoms with E-state index in [9.17, 15) is 9.59 Å². The molecule has 0 aliphatic carbocycles. The molecule has 0 fully saturated rings. The molecule has 208 valence electrons. The first kappa shape index (κ1) is 32.5. The highest BCUT2D eigenvalue weighted by Crippen LogP contribution is 2.19. The fraction of sp³-hybridized carbons (Fsp3) is 0.625. The average molecular weight is 515 g/mol. The summed E-state index contributed by atoms with van der Waals surface area (Å²) in [6.45, 7) is 9.94. The maximum absolute atomic E-state index is 12.0. The summed E-state index contributed by atoms with van der Waals surface area (Å²) in [6.07, 6.45) is 20.3. The van der Waals surface area contributed by atoms with Crippen LogP contribution in [0.4, 0.5) is 0 Å². The fourth-order valence-electron chi connectivity index (χ4n) is 4.00. The van der Waals surface area contributed by atoms with Crippen molar-refractivity contribution in [3.05, 3.63) is 48.1 Å². The number of allylic oxidation sites excluding steroid dienone is 1. The normalized spacial score (nSPS) is 11.3. The van der Waals surface area contributed by atoms with Crippen LogP contribution in [0.5, 0.6) is 5.75 Å². The summed E-state index contributed by atoms with van der Waals surface area (Å²) in [6, 6.07) is 7.74. The second kappa shape index (κ2) is 21.5. The van der Waals surface area contributed by atoms with Gasteiger partial charge in [0.1, 0.15) is 19.0 Å². The molecule has 0 spiro atoms. The second-order valence-electron chi connectivity index (χ2n) is 9.88. The third-order valence-corrected chi connectivity index (χ3v) is 6.32. The minimum absolute atomic E-state index is 0.00760. The molecule has 0 N–H and O–H groups in total. The number of rotatable bonds is 22. The lowest BCUT2D eigenvalue weighted by atomic mass is 10.0. The summed E-state index contributed by atoms with van der Waals surface area (Å²) in [7, 11) is 0. The molecule has 0 unspecified atom stereocenters. The van der Waals surface area contributed by atoms with Gasteiger partial charge in [-0.2, -0.15) is 0 Å². The third kappa shape index (κ3) is 17.5. The van der Waals surface area contributed by atoms with Crippen molar-refractivity contribution in [3.8, 4) is 5.75 Å². The highest BCUT2D eigenvalue weighted by molar-refractivity contribution is 5.91. The Kier molecular flexibility index (Phi) is 18.9. The molecule has 0 radical (unpaired) electrons. The second-order valence-corrected chi connectivity index (χ2v) is 9.88. The molecular weight excluding hydrogens is 464 g/mol. The first-order valence-corrected chi connectivity index (χ1v) is 14.3. The SMILES string of the molecule is C=C(C)C(=O)OCCOC(=O)/C=C(\C)c1ccc(OCCCCCCCCCCCCCCCC)cc1. The van der Waals surface area contributed by atoms with Crippen LogP contribution in [0.15, 0.2) is 42.5 Å². The van der Waals surface area contributed by atoms with Crippen LogP contribution < -0.4 is 4.74 Å². The molecule has 0 saturated heterocycles. The monoisotopic (exact) mass is 514 g/mol. The lowest BCUT2D eigenvalue weighted by Gasteiger charge is -2.08. The van der Waals surface area contributed by atoms with E-state index < -0.39 is 11.9 Å². The lowest BCUT2D eigenvalue weighted by molar-refractivity contribution is -0.146. The molecule has 0 heterocycles. The summed E-state index contributed by atoms with van der Waals surface area (Å²) >= 11 is 0. The Labute approximate surface area is 225 Å². The molecule has 0 aromatic heterocycles. The summed E-state index contributed by atoms with van der Waals surface area (Å²) in [4.78, 5) is 23.3. The van der Waals surface area contributed by atoms with Gasteiger partial charge in [0.2, 0.25) is 0 Å². The number of ether oxygens (including phenoxy) is 3. The number of carbonyl (C=O) groups excluding carboxylic acids is 2. The van der Waals surface area contributed by atoms with Crippen molar-refractivity contribution >= 4 is 17.5 Å². The van der Waals surface area contributed by atoms with Crippen LogP contribution in [0.3, 0.4) is 0 Å². The van der Waals surface area contributed by atoms with Gasteiger partial charge in [0.25, 0.3) is 0 Å². The van der Waals surface area contributed by atoms with Crippen molar-refractivity contribution in [2.45, 2.75) is 111 Å². The minimum Gasteiger partial charge on any atom is -0.494 e. The number of benzene rings is 1.